The highest BCUT2D eigenvalue weighted by Gasteiger charge is 2.53. The zero-order chi connectivity index (χ0) is 25.9. The first-order valence-corrected chi connectivity index (χ1v) is 11.8. The third-order valence-corrected chi connectivity index (χ3v) is 7.08. The van der Waals surface area contributed by atoms with Crippen molar-refractivity contribution in [3.8, 4) is 5.75 Å². The summed E-state index contributed by atoms with van der Waals surface area (Å²) in [6.45, 7) is 1.12. The molecule has 5 amide bonds. The summed E-state index contributed by atoms with van der Waals surface area (Å²) in [5.74, 6) is -0.857. The van der Waals surface area contributed by atoms with Gasteiger partial charge in [0, 0.05) is 38.5 Å². The van der Waals surface area contributed by atoms with Gasteiger partial charge in [-0.25, -0.2) is 14.2 Å². The van der Waals surface area contributed by atoms with E-state index >= 15 is 0 Å². The van der Waals surface area contributed by atoms with Crippen LogP contribution in [0.5, 0.6) is 5.75 Å². The molecule has 0 saturated carbocycles. The number of aryl methyl sites for hydroxylation is 1. The number of imide groups is 1. The van der Waals surface area contributed by atoms with E-state index in [4.69, 9.17) is 9.15 Å². The van der Waals surface area contributed by atoms with Gasteiger partial charge < -0.3 is 29.6 Å². The van der Waals surface area contributed by atoms with Gasteiger partial charge in [-0.1, -0.05) is 6.07 Å². The normalized spacial score (nSPS) is 22.8. The monoisotopic (exact) mass is 510 g/mol. The molecule has 6 rings (SSSR count). The summed E-state index contributed by atoms with van der Waals surface area (Å²) >= 11 is 0. The highest BCUT2D eigenvalue weighted by molar-refractivity contribution is 6.08. The van der Waals surface area contributed by atoms with E-state index in [0.29, 0.717) is 42.9 Å². The van der Waals surface area contributed by atoms with E-state index in [-0.39, 0.29) is 42.6 Å². The number of aliphatic imine (C=N–C) groups is 1. The van der Waals surface area contributed by atoms with Crippen molar-refractivity contribution in [3.05, 3.63) is 46.7 Å². The predicted octanol–water partition coefficient (Wildman–Crippen LogP) is 0.526. The standard InChI is InChI=1S/C24H23FN6O6/c1-36-15-3-2-12-9-31(21(33)19(12)20(15)25)11-24(22(34)28-23(35)29-24)16-8-13-14(37-16)4-5-17(27-13)30-7-6-26-18(32)10-30/h2-3,8H,4-7,9-11H2,1H3,(H,26,32)(H2,28,29,34,35)/t24-/m0/s1. The van der Waals surface area contributed by atoms with Crippen LogP contribution in [0, 0.1) is 5.82 Å². The molecule has 0 spiro atoms. The molecule has 1 atom stereocenters. The predicted molar refractivity (Wildman–Crippen MR) is 125 cm³/mol. The van der Waals surface area contributed by atoms with Gasteiger partial charge in [-0.05, 0) is 11.6 Å². The van der Waals surface area contributed by atoms with Crippen LogP contribution in [0.2, 0.25) is 0 Å². The Kier molecular flexibility index (Phi) is 5.17. The van der Waals surface area contributed by atoms with E-state index in [1.807, 2.05) is 4.90 Å². The lowest BCUT2D eigenvalue weighted by molar-refractivity contribution is -0.125. The van der Waals surface area contributed by atoms with E-state index < -0.39 is 29.2 Å². The maximum atomic E-state index is 14.9. The molecule has 4 aliphatic heterocycles. The van der Waals surface area contributed by atoms with Gasteiger partial charge in [0.25, 0.3) is 11.8 Å². The number of amides is 5. The molecule has 2 saturated heterocycles. The van der Waals surface area contributed by atoms with Crippen LogP contribution in [-0.2, 0) is 28.1 Å². The van der Waals surface area contributed by atoms with Gasteiger partial charge in [-0.2, -0.15) is 0 Å². The molecule has 2 aromatic rings. The summed E-state index contributed by atoms with van der Waals surface area (Å²) in [4.78, 5) is 58.2. The fourth-order valence-electron chi connectivity index (χ4n) is 5.23. The lowest BCUT2D eigenvalue weighted by Crippen LogP contribution is -2.52. The average Bonchev–Trinajstić information content (AvgIpc) is 3.53. The molecule has 192 valence electrons. The van der Waals surface area contributed by atoms with Crippen LogP contribution in [0.3, 0.4) is 0 Å². The number of ether oxygens (including phenoxy) is 1. The molecule has 0 aliphatic carbocycles. The summed E-state index contributed by atoms with van der Waals surface area (Å²) in [6, 6.07) is 3.87. The zero-order valence-corrected chi connectivity index (χ0v) is 19.9. The molecule has 4 aliphatic rings. The molecule has 1 aromatic carbocycles. The minimum absolute atomic E-state index is 0.0414. The van der Waals surface area contributed by atoms with Gasteiger partial charge in [-0.3, -0.25) is 19.7 Å². The maximum Gasteiger partial charge on any atom is 0.322 e. The Bertz CT molecular complexity index is 1400. The number of furan rings is 1. The molecule has 5 heterocycles. The van der Waals surface area contributed by atoms with Gasteiger partial charge in [0.05, 0.1) is 25.8 Å². The van der Waals surface area contributed by atoms with Crippen molar-refractivity contribution in [2.75, 3.05) is 33.3 Å². The van der Waals surface area contributed by atoms with Gasteiger partial charge in [0.1, 0.15) is 23.0 Å². The number of nitrogens with zero attached hydrogens (tertiary/aromatic N) is 3. The molecule has 2 fully saturated rings. The van der Waals surface area contributed by atoms with E-state index in [1.165, 1.54) is 18.1 Å². The first-order valence-electron chi connectivity index (χ1n) is 11.8. The summed E-state index contributed by atoms with van der Waals surface area (Å²) in [5, 5.41) is 7.62. The molecule has 0 bridgehead atoms. The zero-order valence-electron chi connectivity index (χ0n) is 19.9. The molecule has 1 aromatic heterocycles. The second-order valence-electron chi connectivity index (χ2n) is 9.31. The fourth-order valence-corrected chi connectivity index (χ4v) is 5.23. The Morgan fingerprint density at radius 2 is 2.03 bits per heavy atom. The number of hydrogen-bond donors (Lipinski definition) is 3. The Balaban J connectivity index is 1.33. The lowest BCUT2D eigenvalue weighted by Gasteiger charge is -2.30. The first kappa shape index (κ1) is 23.0. The van der Waals surface area contributed by atoms with Crippen LogP contribution in [0.1, 0.15) is 33.9 Å². The molecule has 0 radical (unpaired) electrons. The number of benzene rings is 1. The molecule has 0 unspecified atom stereocenters. The van der Waals surface area contributed by atoms with Gasteiger partial charge in [0.15, 0.2) is 17.1 Å². The summed E-state index contributed by atoms with van der Waals surface area (Å²) < 4.78 is 25.9. The van der Waals surface area contributed by atoms with E-state index in [0.717, 1.165) is 5.84 Å². The van der Waals surface area contributed by atoms with Gasteiger partial charge in [0.2, 0.25) is 5.91 Å². The minimum Gasteiger partial charge on any atom is -0.494 e. The molecular formula is C24H23FN6O6. The molecule has 12 nitrogen and oxygen atoms in total. The van der Waals surface area contributed by atoms with Gasteiger partial charge in [-0.15, -0.1) is 0 Å². The molecule has 3 N–H and O–H groups in total. The topological polar surface area (TPSA) is 146 Å². The lowest BCUT2D eigenvalue weighted by atomic mass is 9.95. The second-order valence-corrected chi connectivity index (χ2v) is 9.31. The smallest absolute Gasteiger partial charge is 0.322 e. The number of rotatable bonds is 4. The van der Waals surface area contributed by atoms with Crippen molar-refractivity contribution in [2.45, 2.75) is 24.9 Å². The highest BCUT2D eigenvalue weighted by atomic mass is 19.1. The molecule has 13 heteroatoms. The summed E-state index contributed by atoms with van der Waals surface area (Å²) in [7, 11) is 1.31. The van der Waals surface area contributed by atoms with E-state index in [9.17, 15) is 23.6 Å². The number of hydrogen-bond acceptors (Lipinski definition) is 8. The summed E-state index contributed by atoms with van der Waals surface area (Å²) in [6.07, 6.45) is 1.02. The van der Waals surface area contributed by atoms with Crippen molar-refractivity contribution in [3.63, 3.8) is 0 Å². The van der Waals surface area contributed by atoms with Crippen molar-refractivity contribution >= 4 is 35.3 Å². The Morgan fingerprint density at radius 3 is 2.76 bits per heavy atom. The van der Waals surface area contributed by atoms with Crippen LogP contribution in [0.25, 0.3) is 0 Å². The van der Waals surface area contributed by atoms with Crippen LogP contribution in [0.4, 0.5) is 14.9 Å². The number of nitrogens with one attached hydrogen (secondary N) is 3. The SMILES string of the molecule is COc1ccc2c(c1F)C(=O)N(C[C@@]1(c3cc4c(o3)CCC(N3CCNC(=O)C3)=N4)NC(=O)NC1=O)C2. The van der Waals surface area contributed by atoms with Crippen LogP contribution < -0.4 is 20.7 Å². The van der Waals surface area contributed by atoms with Crippen molar-refractivity contribution in [1.82, 2.24) is 25.8 Å². The van der Waals surface area contributed by atoms with Crippen molar-refractivity contribution in [1.29, 1.82) is 0 Å². The Labute approximate surface area is 209 Å². The van der Waals surface area contributed by atoms with Crippen molar-refractivity contribution < 1.29 is 32.7 Å². The number of piperazine rings is 1. The number of carbonyl (C=O) groups is 4. The number of urea groups is 1. The number of methoxy groups -OCH3 is 1. The average molecular weight is 510 g/mol. The van der Waals surface area contributed by atoms with Crippen LogP contribution in [-0.4, -0.2) is 72.7 Å². The Hall–Kier alpha value is -4.42. The number of halogens is 1. The maximum absolute atomic E-state index is 14.9. The molecule has 37 heavy (non-hydrogen) atoms. The van der Waals surface area contributed by atoms with Crippen molar-refractivity contribution in [2.24, 2.45) is 4.99 Å². The minimum atomic E-state index is -1.73. The Morgan fingerprint density at radius 1 is 1.19 bits per heavy atom. The number of carbonyl (C=O) groups excluding carboxylic acids is 4. The van der Waals surface area contributed by atoms with Crippen LogP contribution in [0.15, 0.2) is 27.6 Å². The second kappa shape index (κ2) is 8.32. The largest absolute Gasteiger partial charge is 0.494 e. The quantitative estimate of drug-likeness (QED) is 0.509. The molecular weight excluding hydrogens is 487 g/mol. The number of amidine groups is 1. The third kappa shape index (κ3) is 3.60. The fraction of sp³-hybridized carbons (Fsp3) is 0.375. The summed E-state index contributed by atoms with van der Waals surface area (Å²) in [5.41, 5.74) is -0.921. The first-order chi connectivity index (χ1) is 17.8. The number of fused-ring (bicyclic) bond motifs is 2. The van der Waals surface area contributed by atoms with E-state index in [2.05, 4.69) is 20.9 Å². The third-order valence-electron chi connectivity index (χ3n) is 7.08. The highest BCUT2D eigenvalue weighted by Crippen LogP contribution is 2.39. The van der Waals surface area contributed by atoms with E-state index in [1.54, 1.807) is 12.1 Å². The van der Waals surface area contributed by atoms with Crippen LogP contribution >= 0.6 is 0 Å². The van der Waals surface area contributed by atoms with Gasteiger partial charge >= 0.3 is 6.03 Å².